The Hall–Kier alpha value is -0.610. The summed E-state index contributed by atoms with van der Waals surface area (Å²) in [6.07, 6.45) is 4.22. The van der Waals surface area contributed by atoms with E-state index in [1.807, 2.05) is 6.92 Å². The van der Waals surface area contributed by atoms with Crippen molar-refractivity contribution in [2.75, 3.05) is 19.8 Å². The molecule has 0 aromatic heterocycles. The molecule has 126 valence electrons. The minimum Gasteiger partial charge on any atom is -0.375 e. The standard InChI is InChI=1S/C17H35NO3/c1-7-9-15(19)18-12-10-16(3,4)21-14-11-17(5,6)20-13-8-2/h7-14H2,1-6H3,(H,18,19). The highest BCUT2D eigenvalue weighted by Crippen LogP contribution is 2.19. The molecule has 1 amide bonds. The Bertz CT molecular complexity index is 288. The van der Waals surface area contributed by atoms with Crippen molar-refractivity contribution in [1.29, 1.82) is 0 Å². The van der Waals surface area contributed by atoms with Crippen LogP contribution in [0.5, 0.6) is 0 Å². The molecule has 0 saturated heterocycles. The monoisotopic (exact) mass is 301 g/mol. The Kier molecular flexibility index (Phi) is 9.88. The van der Waals surface area contributed by atoms with E-state index in [1.165, 1.54) is 0 Å². The molecule has 0 rings (SSSR count). The zero-order chi connectivity index (χ0) is 16.4. The molecular weight excluding hydrogens is 266 g/mol. The van der Waals surface area contributed by atoms with Gasteiger partial charge in [-0.15, -0.1) is 0 Å². The van der Waals surface area contributed by atoms with Crippen molar-refractivity contribution in [1.82, 2.24) is 5.32 Å². The SMILES string of the molecule is CCCOC(C)(C)CCOC(C)(C)CCNC(=O)CCC. The molecule has 0 heterocycles. The minimum absolute atomic E-state index is 0.127. The average molecular weight is 301 g/mol. The van der Waals surface area contributed by atoms with Gasteiger partial charge in [0.15, 0.2) is 0 Å². The maximum atomic E-state index is 11.4. The van der Waals surface area contributed by atoms with Gasteiger partial charge in [-0.05, 0) is 53.4 Å². The quantitative estimate of drug-likeness (QED) is 0.598. The number of hydrogen-bond acceptors (Lipinski definition) is 3. The Labute approximate surface area is 131 Å². The van der Waals surface area contributed by atoms with Gasteiger partial charge in [-0.3, -0.25) is 4.79 Å². The molecule has 4 heteroatoms. The number of hydrogen-bond donors (Lipinski definition) is 1. The van der Waals surface area contributed by atoms with E-state index in [4.69, 9.17) is 9.47 Å². The predicted octanol–water partition coefficient (Wildman–Crippen LogP) is 3.68. The lowest BCUT2D eigenvalue weighted by molar-refractivity contribution is -0.121. The van der Waals surface area contributed by atoms with Crippen LogP contribution in [0.15, 0.2) is 0 Å². The second-order valence-corrected chi connectivity index (χ2v) is 6.82. The summed E-state index contributed by atoms with van der Waals surface area (Å²) in [5, 5.41) is 2.93. The van der Waals surface area contributed by atoms with Gasteiger partial charge < -0.3 is 14.8 Å². The molecular formula is C17H35NO3. The van der Waals surface area contributed by atoms with Crippen LogP contribution in [0, 0.1) is 0 Å². The van der Waals surface area contributed by atoms with Gasteiger partial charge in [0, 0.05) is 19.6 Å². The van der Waals surface area contributed by atoms with Crippen molar-refractivity contribution >= 4 is 5.91 Å². The van der Waals surface area contributed by atoms with Crippen LogP contribution in [0.4, 0.5) is 0 Å². The van der Waals surface area contributed by atoms with E-state index in [9.17, 15) is 4.79 Å². The van der Waals surface area contributed by atoms with Gasteiger partial charge >= 0.3 is 0 Å². The third-order valence-corrected chi connectivity index (χ3v) is 3.42. The van der Waals surface area contributed by atoms with Crippen molar-refractivity contribution in [3.63, 3.8) is 0 Å². The smallest absolute Gasteiger partial charge is 0.219 e. The lowest BCUT2D eigenvalue weighted by Crippen LogP contribution is -2.34. The highest BCUT2D eigenvalue weighted by Gasteiger charge is 2.22. The molecule has 0 aliphatic rings. The van der Waals surface area contributed by atoms with Gasteiger partial charge in [0.05, 0.1) is 17.8 Å². The van der Waals surface area contributed by atoms with E-state index >= 15 is 0 Å². The molecule has 4 nitrogen and oxygen atoms in total. The van der Waals surface area contributed by atoms with Crippen LogP contribution in [0.2, 0.25) is 0 Å². The largest absolute Gasteiger partial charge is 0.375 e. The summed E-state index contributed by atoms with van der Waals surface area (Å²) < 4.78 is 11.8. The minimum atomic E-state index is -0.222. The van der Waals surface area contributed by atoms with Crippen LogP contribution in [0.25, 0.3) is 0 Å². The van der Waals surface area contributed by atoms with Crippen molar-refractivity contribution in [3.05, 3.63) is 0 Å². The fourth-order valence-electron chi connectivity index (χ4n) is 1.91. The molecule has 0 bridgehead atoms. The van der Waals surface area contributed by atoms with Crippen LogP contribution in [-0.4, -0.2) is 36.9 Å². The van der Waals surface area contributed by atoms with E-state index in [2.05, 4.69) is 39.9 Å². The molecule has 0 atom stereocenters. The van der Waals surface area contributed by atoms with Crippen molar-refractivity contribution in [2.45, 2.75) is 84.8 Å². The molecule has 0 aliphatic carbocycles. The fourth-order valence-corrected chi connectivity index (χ4v) is 1.91. The summed E-state index contributed by atoms with van der Waals surface area (Å²) in [6.45, 7) is 14.6. The topological polar surface area (TPSA) is 47.6 Å². The van der Waals surface area contributed by atoms with Crippen LogP contribution in [-0.2, 0) is 14.3 Å². The first-order valence-corrected chi connectivity index (χ1v) is 8.27. The van der Waals surface area contributed by atoms with Crippen LogP contribution in [0.1, 0.15) is 73.6 Å². The first-order valence-electron chi connectivity index (χ1n) is 8.27. The summed E-state index contributed by atoms with van der Waals surface area (Å²) in [4.78, 5) is 11.4. The highest BCUT2D eigenvalue weighted by atomic mass is 16.5. The molecule has 21 heavy (non-hydrogen) atoms. The number of carbonyl (C=O) groups excluding carboxylic acids is 1. The Balaban J connectivity index is 3.88. The van der Waals surface area contributed by atoms with Crippen LogP contribution in [0.3, 0.4) is 0 Å². The highest BCUT2D eigenvalue weighted by molar-refractivity contribution is 5.75. The molecule has 0 unspecified atom stereocenters. The number of nitrogens with one attached hydrogen (secondary N) is 1. The van der Waals surface area contributed by atoms with Gasteiger partial charge in [0.25, 0.3) is 0 Å². The van der Waals surface area contributed by atoms with E-state index in [-0.39, 0.29) is 17.1 Å². The van der Waals surface area contributed by atoms with Gasteiger partial charge in [-0.1, -0.05) is 13.8 Å². The Morgan fingerprint density at radius 1 is 0.905 bits per heavy atom. The molecule has 0 aromatic rings. The molecule has 0 spiro atoms. The maximum Gasteiger partial charge on any atom is 0.219 e. The molecule has 0 aromatic carbocycles. The van der Waals surface area contributed by atoms with Gasteiger partial charge in [-0.2, -0.15) is 0 Å². The molecule has 0 fully saturated rings. The number of amides is 1. The van der Waals surface area contributed by atoms with E-state index in [1.54, 1.807) is 0 Å². The van der Waals surface area contributed by atoms with Crippen molar-refractivity contribution in [2.24, 2.45) is 0 Å². The first-order chi connectivity index (χ1) is 9.72. The van der Waals surface area contributed by atoms with Gasteiger partial charge in [0.2, 0.25) is 5.91 Å². The molecule has 1 N–H and O–H groups in total. The van der Waals surface area contributed by atoms with E-state index in [0.29, 0.717) is 19.6 Å². The van der Waals surface area contributed by atoms with Gasteiger partial charge in [0.1, 0.15) is 0 Å². The number of rotatable bonds is 12. The first kappa shape index (κ1) is 20.4. The van der Waals surface area contributed by atoms with Crippen molar-refractivity contribution < 1.29 is 14.3 Å². The maximum absolute atomic E-state index is 11.4. The lowest BCUT2D eigenvalue weighted by atomic mass is 10.0. The molecule has 0 saturated carbocycles. The van der Waals surface area contributed by atoms with E-state index < -0.39 is 0 Å². The van der Waals surface area contributed by atoms with Gasteiger partial charge in [-0.25, -0.2) is 0 Å². The normalized spacial score (nSPS) is 12.5. The van der Waals surface area contributed by atoms with Crippen LogP contribution < -0.4 is 5.32 Å². The van der Waals surface area contributed by atoms with E-state index in [0.717, 1.165) is 32.3 Å². The second kappa shape index (κ2) is 10.2. The lowest BCUT2D eigenvalue weighted by Gasteiger charge is -2.29. The van der Waals surface area contributed by atoms with Crippen molar-refractivity contribution in [3.8, 4) is 0 Å². The predicted molar refractivity (Wildman–Crippen MR) is 87.5 cm³/mol. The zero-order valence-electron chi connectivity index (χ0n) is 14.9. The summed E-state index contributed by atoms with van der Waals surface area (Å²) in [5.41, 5.74) is -0.359. The fraction of sp³-hybridized carbons (Fsp3) is 0.941. The Morgan fingerprint density at radius 3 is 2.05 bits per heavy atom. The molecule has 0 aliphatic heterocycles. The number of carbonyl (C=O) groups is 1. The third-order valence-electron chi connectivity index (χ3n) is 3.42. The summed E-state index contributed by atoms with van der Waals surface area (Å²) in [6, 6.07) is 0. The van der Waals surface area contributed by atoms with Crippen LogP contribution >= 0.6 is 0 Å². The Morgan fingerprint density at radius 2 is 1.48 bits per heavy atom. The summed E-state index contributed by atoms with van der Waals surface area (Å²) in [5.74, 6) is 0.127. The number of ether oxygens (including phenoxy) is 2. The molecule has 0 radical (unpaired) electrons. The second-order valence-electron chi connectivity index (χ2n) is 6.82. The average Bonchev–Trinajstić information content (AvgIpc) is 2.36. The summed E-state index contributed by atoms with van der Waals surface area (Å²) in [7, 11) is 0. The summed E-state index contributed by atoms with van der Waals surface area (Å²) >= 11 is 0. The third kappa shape index (κ3) is 11.7. The zero-order valence-corrected chi connectivity index (χ0v) is 14.9.